The Kier molecular flexibility index (Phi) is 4.12. The van der Waals surface area contributed by atoms with E-state index in [0.29, 0.717) is 25.9 Å². The first kappa shape index (κ1) is 10.4. The molecule has 0 aromatic carbocycles. The Bertz CT molecular complexity index is 198. The monoisotopic (exact) mass is 184 g/mol. The van der Waals surface area contributed by atoms with Gasteiger partial charge in [-0.3, -0.25) is 4.79 Å². The first-order valence-corrected chi connectivity index (χ1v) is 4.67. The van der Waals surface area contributed by atoms with Crippen molar-refractivity contribution in [1.29, 1.82) is 0 Å². The number of hydrogen-bond acceptors (Lipinski definition) is 3. The van der Waals surface area contributed by atoms with Gasteiger partial charge in [-0.25, -0.2) is 0 Å². The van der Waals surface area contributed by atoms with Crippen LogP contribution in [0.5, 0.6) is 0 Å². The fourth-order valence-corrected chi connectivity index (χ4v) is 1.48. The van der Waals surface area contributed by atoms with Gasteiger partial charge in [0.05, 0.1) is 12.2 Å². The lowest BCUT2D eigenvalue weighted by atomic mass is 10.0. The topological polar surface area (TPSA) is 46.5 Å². The number of hydrogen-bond donors (Lipinski definition) is 1. The van der Waals surface area contributed by atoms with E-state index in [1.807, 2.05) is 6.92 Å². The van der Waals surface area contributed by atoms with E-state index < -0.39 is 0 Å². The van der Waals surface area contributed by atoms with Crippen LogP contribution in [0.2, 0.25) is 0 Å². The molecule has 1 aliphatic rings. The molecule has 1 rings (SSSR count). The minimum atomic E-state index is -0.294. The maximum Gasteiger partial charge on any atom is 0.157 e. The molecule has 2 atom stereocenters. The number of ether oxygens (including phenoxy) is 1. The molecule has 2 unspecified atom stereocenters. The molecule has 0 bridgehead atoms. The second-order valence-corrected chi connectivity index (χ2v) is 3.34. The molecular weight excluding hydrogens is 168 g/mol. The Balaban J connectivity index is 2.31. The largest absolute Gasteiger partial charge is 0.393 e. The molecule has 0 radical (unpaired) electrons. The molecule has 0 aromatic rings. The van der Waals surface area contributed by atoms with Gasteiger partial charge in [0.1, 0.15) is 0 Å². The third-order valence-corrected chi connectivity index (χ3v) is 2.12. The van der Waals surface area contributed by atoms with Crippen molar-refractivity contribution in [3.05, 3.63) is 12.2 Å². The maximum atomic E-state index is 11.2. The summed E-state index contributed by atoms with van der Waals surface area (Å²) in [6.45, 7) is 2.38. The highest BCUT2D eigenvalue weighted by molar-refractivity contribution is 5.89. The van der Waals surface area contributed by atoms with Gasteiger partial charge in [-0.15, -0.1) is 0 Å². The van der Waals surface area contributed by atoms with Crippen LogP contribution in [-0.4, -0.2) is 29.7 Å². The lowest BCUT2D eigenvalue weighted by molar-refractivity contribution is -0.119. The molecule has 1 aliphatic heterocycles. The Hall–Kier alpha value is -0.670. The van der Waals surface area contributed by atoms with E-state index in [1.165, 1.54) is 0 Å². The maximum absolute atomic E-state index is 11.2. The van der Waals surface area contributed by atoms with Crippen LogP contribution in [0.25, 0.3) is 0 Å². The molecule has 13 heavy (non-hydrogen) atoms. The van der Waals surface area contributed by atoms with Gasteiger partial charge in [0, 0.05) is 19.4 Å². The summed E-state index contributed by atoms with van der Waals surface area (Å²) < 4.78 is 5.35. The number of aliphatic hydroxyl groups excluding tert-OH is 1. The zero-order chi connectivity index (χ0) is 9.68. The standard InChI is InChI=1S/C10H16O3/c1-2-3-8(11)6-10-7-9(12)4-5-13-10/h2-3,9-10,12H,4-7H2,1H3/b3-2+. The average Bonchev–Trinajstić information content (AvgIpc) is 2.04. The lowest BCUT2D eigenvalue weighted by Crippen LogP contribution is -2.30. The highest BCUT2D eigenvalue weighted by Gasteiger charge is 2.21. The minimum Gasteiger partial charge on any atom is -0.393 e. The summed E-state index contributed by atoms with van der Waals surface area (Å²) in [4.78, 5) is 11.2. The van der Waals surface area contributed by atoms with Crippen molar-refractivity contribution in [2.75, 3.05) is 6.61 Å². The van der Waals surface area contributed by atoms with Crippen LogP contribution < -0.4 is 0 Å². The zero-order valence-electron chi connectivity index (χ0n) is 7.90. The number of rotatable bonds is 3. The Morgan fingerprint density at radius 3 is 3.08 bits per heavy atom. The molecule has 1 fully saturated rings. The third-order valence-electron chi connectivity index (χ3n) is 2.12. The average molecular weight is 184 g/mol. The van der Waals surface area contributed by atoms with E-state index in [-0.39, 0.29) is 18.0 Å². The van der Waals surface area contributed by atoms with E-state index >= 15 is 0 Å². The van der Waals surface area contributed by atoms with Crippen LogP contribution in [0, 0.1) is 0 Å². The third kappa shape index (κ3) is 3.70. The molecule has 1 heterocycles. The fraction of sp³-hybridized carbons (Fsp3) is 0.700. The number of carbonyl (C=O) groups excluding carboxylic acids is 1. The van der Waals surface area contributed by atoms with Gasteiger partial charge in [0.25, 0.3) is 0 Å². The molecule has 74 valence electrons. The number of ketones is 1. The van der Waals surface area contributed by atoms with Crippen molar-refractivity contribution >= 4 is 5.78 Å². The van der Waals surface area contributed by atoms with Crippen molar-refractivity contribution in [1.82, 2.24) is 0 Å². The van der Waals surface area contributed by atoms with Gasteiger partial charge in [-0.2, -0.15) is 0 Å². The number of allylic oxidation sites excluding steroid dienone is 2. The molecule has 0 amide bonds. The van der Waals surface area contributed by atoms with E-state index in [9.17, 15) is 9.90 Å². The molecule has 0 spiro atoms. The molecule has 1 saturated heterocycles. The van der Waals surface area contributed by atoms with Gasteiger partial charge in [-0.1, -0.05) is 6.08 Å². The van der Waals surface area contributed by atoms with Crippen LogP contribution in [0.1, 0.15) is 26.2 Å². The van der Waals surface area contributed by atoms with Crippen LogP contribution in [0.3, 0.4) is 0 Å². The van der Waals surface area contributed by atoms with Crippen LogP contribution in [-0.2, 0) is 9.53 Å². The van der Waals surface area contributed by atoms with Crippen LogP contribution in [0.15, 0.2) is 12.2 Å². The Labute approximate surface area is 78.4 Å². The van der Waals surface area contributed by atoms with Gasteiger partial charge < -0.3 is 9.84 Å². The Morgan fingerprint density at radius 1 is 1.69 bits per heavy atom. The quantitative estimate of drug-likeness (QED) is 0.667. The van der Waals surface area contributed by atoms with E-state index in [4.69, 9.17) is 4.74 Å². The molecule has 0 saturated carbocycles. The van der Waals surface area contributed by atoms with E-state index in [1.54, 1.807) is 12.2 Å². The van der Waals surface area contributed by atoms with Gasteiger partial charge in [-0.05, 0) is 19.4 Å². The SMILES string of the molecule is C/C=C/C(=O)CC1CC(O)CCO1. The van der Waals surface area contributed by atoms with Crippen molar-refractivity contribution < 1.29 is 14.6 Å². The zero-order valence-corrected chi connectivity index (χ0v) is 7.90. The summed E-state index contributed by atoms with van der Waals surface area (Å²) >= 11 is 0. The van der Waals surface area contributed by atoms with Crippen LogP contribution in [0.4, 0.5) is 0 Å². The summed E-state index contributed by atoms with van der Waals surface area (Å²) in [6.07, 6.45) is 4.55. The predicted molar refractivity (Wildman–Crippen MR) is 49.4 cm³/mol. The molecule has 1 N–H and O–H groups in total. The summed E-state index contributed by atoms with van der Waals surface area (Å²) in [5.74, 6) is 0.0709. The van der Waals surface area contributed by atoms with Gasteiger partial charge in [0.2, 0.25) is 0 Å². The van der Waals surface area contributed by atoms with Crippen molar-refractivity contribution in [3.63, 3.8) is 0 Å². The van der Waals surface area contributed by atoms with Gasteiger partial charge >= 0.3 is 0 Å². The van der Waals surface area contributed by atoms with Crippen molar-refractivity contribution in [3.8, 4) is 0 Å². The molecule has 0 aliphatic carbocycles. The second kappa shape index (κ2) is 5.14. The van der Waals surface area contributed by atoms with Crippen molar-refractivity contribution in [2.24, 2.45) is 0 Å². The minimum absolute atomic E-state index is 0.0709. The van der Waals surface area contributed by atoms with Crippen LogP contribution >= 0.6 is 0 Å². The van der Waals surface area contributed by atoms with Gasteiger partial charge in [0.15, 0.2) is 5.78 Å². The summed E-state index contributed by atoms with van der Waals surface area (Å²) in [6, 6.07) is 0. The van der Waals surface area contributed by atoms with E-state index in [0.717, 1.165) is 0 Å². The highest BCUT2D eigenvalue weighted by atomic mass is 16.5. The van der Waals surface area contributed by atoms with E-state index in [2.05, 4.69) is 0 Å². The lowest BCUT2D eigenvalue weighted by Gasteiger charge is -2.25. The smallest absolute Gasteiger partial charge is 0.157 e. The molecular formula is C10H16O3. The first-order valence-electron chi connectivity index (χ1n) is 4.67. The second-order valence-electron chi connectivity index (χ2n) is 3.34. The molecule has 3 heteroatoms. The molecule has 0 aromatic heterocycles. The predicted octanol–water partition coefficient (Wildman–Crippen LogP) is 1.06. The highest BCUT2D eigenvalue weighted by Crippen LogP contribution is 2.16. The first-order chi connectivity index (χ1) is 6.22. The molecule has 3 nitrogen and oxygen atoms in total. The summed E-state index contributed by atoms with van der Waals surface area (Å²) in [5.41, 5.74) is 0. The number of carbonyl (C=O) groups is 1. The fourth-order valence-electron chi connectivity index (χ4n) is 1.48. The normalized spacial score (nSPS) is 29.4. The summed E-state index contributed by atoms with van der Waals surface area (Å²) in [5, 5.41) is 9.31. The number of aliphatic hydroxyl groups is 1. The van der Waals surface area contributed by atoms with Crippen molar-refractivity contribution in [2.45, 2.75) is 38.4 Å². The summed E-state index contributed by atoms with van der Waals surface area (Å²) in [7, 11) is 0. The Morgan fingerprint density at radius 2 is 2.46 bits per heavy atom.